The number of carboxylic acid groups (broad SMARTS) is 1. The highest BCUT2D eigenvalue weighted by atomic mass is 16.4. The first-order valence-corrected chi connectivity index (χ1v) is 6.79. The van der Waals surface area contributed by atoms with Gasteiger partial charge in [0.15, 0.2) is 5.76 Å². The average Bonchev–Trinajstić information content (AvgIpc) is 2.78. The molecule has 1 N–H and O–H groups in total. The van der Waals surface area contributed by atoms with Gasteiger partial charge in [0.1, 0.15) is 5.58 Å². The Bertz CT molecular complexity index is 715. The van der Waals surface area contributed by atoms with Crippen LogP contribution in [0.4, 0.5) is 0 Å². The molecule has 0 aliphatic rings. The number of benzene rings is 1. The Hall–Kier alpha value is -2.30. The van der Waals surface area contributed by atoms with Gasteiger partial charge in [-0.2, -0.15) is 0 Å². The minimum absolute atomic E-state index is 0.0838. The van der Waals surface area contributed by atoms with Crippen LogP contribution in [0.25, 0.3) is 11.0 Å². The topological polar surface area (TPSA) is 70.8 Å². The van der Waals surface area contributed by atoms with Gasteiger partial charge in [-0.25, -0.2) is 0 Å². The third kappa shape index (κ3) is 2.77. The number of carbonyl (C=O) groups is 2. The monoisotopic (exact) mass is 289 g/mol. The number of fused-ring (bicyclic) bond motifs is 1. The van der Waals surface area contributed by atoms with Gasteiger partial charge in [0.05, 0.1) is 6.42 Å². The lowest BCUT2D eigenvalue weighted by Gasteiger charge is -2.14. The van der Waals surface area contributed by atoms with Crippen LogP contribution < -0.4 is 0 Å². The Balaban J connectivity index is 2.40. The van der Waals surface area contributed by atoms with E-state index in [9.17, 15) is 9.59 Å². The van der Waals surface area contributed by atoms with Crippen molar-refractivity contribution in [3.8, 4) is 0 Å². The van der Waals surface area contributed by atoms with E-state index < -0.39 is 5.97 Å². The second-order valence-electron chi connectivity index (χ2n) is 5.33. The molecule has 1 aromatic carbocycles. The molecule has 5 heteroatoms. The molecular weight excluding hydrogens is 270 g/mol. The van der Waals surface area contributed by atoms with Gasteiger partial charge in [-0.05, 0) is 31.9 Å². The zero-order chi connectivity index (χ0) is 15.7. The fourth-order valence-electron chi connectivity index (χ4n) is 2.42. The van der Waals surface area contributed by atoms with Crippen LogP contribution in [0, 0.1) is 20.8 Å². The summed E-state index contributed by atoms with van der Waals surface area (Å²) < 4.78 is 5.76. The minimum atomic E-state index is -0.928. The third-order valence-electron chi connectivity index (χ3n) is 3.68. The van der Waals surface area contributed by atoms with Gasteiger partial charge >= 0.3 is 5.97 Å². The summed E-state index contributed by atoms with van der Waals surface area (Å²) in [5.74, 6) is -0.929. The quantitative estimate of drug-likeness (QED) is 0.939. The predicted molar refractivity (Wildman–Crippen MR) is 79.6 cm³/mol. The number of rotatable bonds is 4. The lowest BCUT2D eigenvalue weighted by Crippen LogP contribution is -2.29. The van der Waals surface area contributed by atoms with E-state index in [1.54, 1.807) is 7.05 Å². The zero-order valence-electron chi connectivity index (χ0n) is 12.7. The number of furan rings is 1. The van der Waals surface area contributed by atoms with Crippen molar-refractivity contribution in [3.05, 3.63) is 34.6 Å². The molecule has 1 aromatic heterocycles. The second-order valence-corrected chi connectivity index (χ2v) is 5.33. The van der Waals surface area contributed by atoms with Gasteiger partial charge in [0.2, 0.25) is 0 Å². The van der Waals surface area contributed by atoms with Crippen LogP contribution >= 0.6 is 0 Å². The van der Waals surface area contributed by atoms with Crippen LogP contribution in [0.3, 0.4) is 0 Å². The summed E-state index contributed by atoms with van der Waals surface area (Å²) in [6.07, 6.45) is -0.0838. The van der Waals surface area contributed by atoms with Crippen molar-refractivity contribution in [2.45, 2.75) is 27.2 Å². The van der Waals surface area contributed by atoms with Crippen molar-refractivity contribution in [1.29, 1.82) is 0 Å². The van der Waals surface area contributed by atoms with Crippen molar-refractivity contribution >= 4 is 22.8 Å². The van der Waals surface area contributed by atoms with Gasteiger partial charge < -0.3 is 14.4 Å². The van der Waals surface area contributed by atoms with Crippen LogP contribution in [-0.2, 0) is 4.79 Å². The molecule has 0 aliphatic heterocycles. The minimum Gasteiger partial charge on any atom is -0.481 e. The highest BCUT2D eigenvalue weighted by Crippen LogP contribution is 2.31. The molecular formula is C16H19NO4. The molecule has 2 aromatic rings. The van der Waals surface area contributed by atoms with Crippen molar-refractivity contribution in [1.82, 2.24) is 4.90 Å². The first-order chi connectivity index (χ1) is 9.82. The number of aryl methyl sites for hydroxylation is 3. The standard InChI is InChI=1S/C16H19NO4/c1-9-5-6-10(2)14-13(9)11(3)15(21-14)16(20)17(4)8-7-12(18)19/h5-6H,7-8H2,1-4H3,(H,18,19). The van der Waals surface area contributed by atoms with E-state index in [0.29, 0.717) is 0 Å². The maximum absolute atomic E-state index is 12.4. The Morgan fingerprint density at radius 3 is 2.38 bits per heavy atom. The van der Waals surface area contributed by atoms with Gasteiger partial charge in [-0.1, -0.05) is 12.1 Å². The first-order valence-electron chi connectivity index (χ1n) is 6.79. The Kier molecular flexibility index (Phi) is 4.02. The molecule has 0 saturated carbocycles. The lowest BCUT2D eigenvalue weighted by atomic mass is 10.0. The van der Waals surface area contributed by atoms with Gasteiger partial charge in [-0.3, -0.25) is 9.59 Å². The molecule has 1 amide bonds. The maximum Gasteiger partial charge on any atom is 0.305 e. The molecule has 1 heterocycles. The lowest BCUT2D eigenvalue weighted by molar-refractivity contribution is -0.137. The molecule has 0 spiro atoms. The number of carbonyl (C=O) groups excluding carboxylic acids is 1. The fourth-order valence-corrected chi connectivity index (χ4v) is 2.42. The third-order valence-corrected chi connectivity index (χ3v) is 3.68. The molecule has 21 heavy (non-hydrogen) atoms. The van der Waals surface area contributed by atoms with E-state index in [2.05, 4.69) is 0 Å². The molecule has 0 radical (unpaired) electrons. The number of hydrogen-bond donors (Lipinski definition) is 1. The average molecular weight is 289 g/mol. The van der Waals surface area contributed by atoms with E-state index in [1.807, 2.05) is 32.9 Å². The molecule has 0 atom stereocenters. The number of nitrogens with zero attached hydrogens (tertiary/aromatic N) is 1. The van der Waals surface area contributed by atoms with E-state index in [4.69, 9.17) is 9.52 Å². The largest absolute Gasteiger partial charge is 0.481 e. The van der Waals surface area contributed by atoms with E-state index in [1.165, 1.54) is 4.90 Å². The van der Waals surface area contributed by atoms with Crippen LogP contribution in [0.2, 0.25) is 0 Å². The summed E-state index contributed by atoms with van der Waals surface area (Å²) in [7, 11) is 1.58. The predicted octanol–water partition coefficient (Wildman–Crippen LogP) is 2.90. The van der Waals surface area contributed by atoms with Crippen LogP contribution in [0.5, 0.6) is 0 Å². The number of hydrogen-bond acceptors (Lipinski definition) is 3. The summed E-state index contributed by atoms with van der Waals surface area (Å²) in [6, 6.07) is 3.96. The normalized spacial score (nSPS) is 10.9. The van der Waals surface area contributed by atoms with E-state index >= 15 is 0 Å². The fraction of sp³-hybridized carbons (Fsp3) is 0.375. The molecule has 0 bridgehead atoms. The summed E-state index contributed by atoms with van der Waals surface area (Å²) in [4.78, 5) is 24.4. The molecule has 2 rings (SSSR count). The van der Waals surface area contributed by atoms with Crippen LogP contribution in [0.1, 0.15) is 33.7 Å². The van der Waals surface area contributed by atoms with E-state index in [0.717, 1.165) is 27.7 Å². The molecule has 0 unspecified atom stereocenters. The highest BCUT2D eigenvalue weighted by Gasteiger charge is 2.22. The van der Waals surface area contributed by atoms with Crippen molar-refractivity contribution in [3.63, 3.8) is 0 Å². The first kappa shape index (κ1) is 15.1. The zero-order valence-corrected chi connectivity index (χ0v) is 12.7. The van der Waals surface area contributed by atoms with Crippen molar-refractivity contribution < 1.29 is 19.1 Å². The van der Waals surface area contributed by atoms with Gasteiger partial charge in [0.25, 0.3) is 5.91 Å². The Morgan fingerprint density at radius 1 is 1.19 bits per heavy atom. The second kappa shape index (κ2) is 5.60. The summed E-state index contributed by atoms with van der Waals surface area (Å²) in [6.45, 7) is 5.93. The summed E-state index contributed by atoms with van der Waals surface area (Å²) in [5.41, 5.74) is 3.57. The smallest absolute Gasteiger partial charge is 0.305 e. The van der Waals surface area contributed by atoms with Crippen molar-refractivity contribution in [2.75, 3.05) is 13.6 Å². The number of amides is 1. The summed E-state index contributed by atoms with van der Waals surface area (Å²) in [5, 5.41) is 9.66. The van der Waals surface area contributed by atoms with Crippen molar-refractivity contribution in [2.24, 2.45) is 0 Å². The van der Waals surface area contributed by atoms with Gasteiger partial charge in [0, 0.05) is 24.5 Å². The molecule has 112 valence electrons. The molecule has 0 fully saturated rings. The van der Waals surface area contributed by atoms with Crippen LogP contribution in [0.15, 0.2) is 16.5 Å². The number of carboxylic acids is 1. The van der Waals surface area contributed by atoms with E-state index in [-0.39, 0.29) is 24.6 Å². The van der Waals surface area contributed by atoms with Crippen LogP contribution in [-0.4, -0.2) is 35.5 Å². The van der Waals surface area contributed by atoms with Gasteiger partial charge in [-0.15, -0.1) is 0 Å². The Morgan fingerprint density at radius 2 is 1.81 bits per heavy atom. The maximum atomic E-state index is 12.4. The summed E-state index contributed by atoms with van der Waals surface area (Å²) >= 11 is 0. The Labute approximate surface area is 123 Å². The SMILES string of the molecule is Cc1ccc(C)c2c(C)c(C(=O)N(C)CCC(=O)O)oc12. The number of aliphatic carboxylic acids is 1. The molecule has 5 nitrogen and oxygen atoms in total. The molecule has 0 aliphatic carbocycles. The highest BCUT2D eigenvalue weighted by molar-refractivity contribution is 6.00. The molecule has 0 saturated heterocycles.